The highest BCUT2D eigenvalue weighted by Gasteiger charge is 2.19. The van der Waals surface area contributed by atoms with Gasteiger partial charge in [0.15, 0.2) is 0 Å². The highest BCUT2D eigenvalue weighted by Crippen LogP contribution is 2.24. The maximum atomic E-state index is 13.7. The molecule has 0 bridgehead atoms. The van der Waals surface area contributed by atoms with Crippen molar-refractivity contribution in [3.63, 3.8) is 0 Å². The number of rotatable bonds is 6. The fraction of sp³-hybridized carbons (Fsp3) is 0.600. The number of benzene rings is 1. The highest BCUT2D eigenvalue weighted by atomic mass is 19.1. The average molecular weight is 252 g/mol. The molecule has 2 N–H and O–H groups in total. The Morgan fingerprint density at radius 2 is 1.94 bits per heavy atom. The number of nitrogens with two attached hydrogens (primary N) is 1. The minimum absolute atomic E-state index is 0.0831. The van der Waals surface area contributed by atoms with Gasteiger partial charge in [-0.3, -0.25) is 4.90 Å². The Bertz CT molecular complexity index is 377. The van der Waals surface area contributed by atoms with E-state index < -0.39 is 0 Å². The molecule has 102 valence electrons. The van der Waals surface area contributed by atoms with Crippen LogP contribution in [0.3, 0.4) is 0 Å². The molecular weight excluding hydrogens is 227 g/mol. The van der Waals surface area contributed by atoms with Gasteiger partial charge in [-0.2, -0.15) is 0 Å². The van der Waals surface area contributed by atoms with E-state index in [-0.39, 0.29) is 17.3 Å². The topological polar surface area (TPSA) is 29.3 Å². The van der Waals surface area contributed by atoms with Crippen LogP contribution in [0.4, 0.5) is 4.39 Å². The summed E-state index contributed by atoms with van der Waals surface area (Å²) in [6, 6.07) is 7.06. The van der Waals surface area contributed by atoms with Crippen LogP contribution in [0, 0.1) is 11.2 Å². The van der Waals surface area contributed by atoms with Gasteiger partial charge in [-0.25, -0.2) is 4.39 Å². The summed E-state index contributed by atoms with van der Waals surface area (Å²) in [5.41, 5.74) is 6.62. The van der Waals surface area contributed by atoms with Crippen molar-refractivity contribution in [2.45, 2.75) is 33.2 Å². The molecule has 1 aromatic carbocycles. The van der Waals surface area contributed by atoms with Crippen molar-refractivity contribution in [2.24, 2.45) is 11.1 Å². The number of nitrogens with zero attached hydrogens (tertiary/aromatic N) is 1. The van der Waals surface area contributed by atoms with E-state index in [2.05, 4.69) is 18.7 Å². The second-order valence-corrected chi connectivity index (χ2v) is 5.80. The van der Waals surface area contributed by atoms with Crippen LogP contribution in [0.25, 0.3) is 0 Å². The summed E-state index contributed by atoms with van der Waals surface area (Å²) >= 11 is 0. The Balaban J connectivity index is 2.62. The van der Waals surface area contributed by atoms with Crippen molar-refractivity contribution in [3.05, 3.63) is 35.6 Å². The molecule has 0 heterocycles. The van der Waals surface area contributed by atoms with E-state index in [0.717, 1.165) is 18.5 Å². The van der Waals surface area contributed by atoms with Crippen LogP contribution >= 0.6 is 0 Å². The first-order valence-corrected chi connectivity index (χ1v) is 6.52. The minimum atomic E-state index is -0.130. The van der Waals surface area contributed by atoms with E-state index in [4.69, 9.17) is 5.73 Å². The van der Waals surface area contributed by atoms with Crippen LogP contribution in [-0.2, 0) is 0 Å². The molecule has 0 spiro atoms. The smallest absolute Gasteiger partial charge is 0.127 e. The van der Waals surface area contributed by atoms with Gasteiger partial charge in [-0.15, -0.1) is 0 Å². The summed E-state index contributed by atoms with van der Waals surface area (Å²) < 4.78 is 13.7. The number of hydrogen-bond donors (Lipinski definition) is 1. The van der Waals surface area contributed by atoms with Gasteiger partial charge >= 0.3 is 0 Å². The number of halogens is 1. The fourth-order valence-electron chi connectivity index (χ4n) is 1.83. The lowest BCUT2D eigenvalue weighted by Gasteiger charge is -2.30. The molecule has 0 aromatic heterocycles. The van der Waals surface area contributed by atoms with E-state index in [1.54, 1.807) is 6.07 Å². The molecule has 0 fully saturated rings. The first-order valence-electron chi connectivity index (χ1n) is 6.52. The number of hydrogen-bond acceptors (Lipinski definition) is 2. The molecule has 2 nitrogen and oxygen atoms in total. The summed E-state index contributed by atoms with van der Waals surface area (Å²) in [5.74, 6) is -0.130. The lowest BCUT2D eigenvalue weighted by atomic mass is 9.89. The van der Waals surface area contributed by atoms with Crippen LogP contribution < -0.4 is 5.73 Å². The zero-order valence-electron chi connectivity index (χ0n) is 11.9. The Labute approximate surface area is 110 Å². The normalized spacial score (nSPS) is 13.9. The zero-order valence-corrected chi connectivity index (χ0v) is 11.9. The predicted molar refractivity (Wildman–Crippen MR) is 74.9 cm³/mol. The minimum Gasteiger partial charge on any atom is -0.330 e. The summed E-state index contributed by atoms with van der Waals surface area (Å²) in [5, 5.41) is 0. The molecule has 0 aliphatic heterocycles. The van der Waals surface area contributed by atoms with Gasteiger partial charge in [0.05, 0.1) is 0 Å². The lowest BCUT2D eigenvalue weighted by molar-refractivity contribution is 0.209. The van der Waals surface area contributed by atoms with E-state index in [9.17, 15) is 4.39 Å². The van der Waals surface area contributed by atoms with Gasteiger partial charge < -0.3 is 5.73 Å². The van der Waals surface area contributed by atoms with E-state index in [0.29, 0.717) is 6.54 Å². The molecule has 0 aliphatic rings. The third kappa shape index (κ3) is 4.07. The molecule has 18 heavy (non-hydrogen) atoms. The zero-order chi connectivity index (χ0) is 13.8. The van der Waals surface area contributed by atoms with Crippen molar-refractivity contribution in [3.8, 4) is 0 Å². The maximum absolute atomic E-state index is 13.7. The highest BCUT2D eigenvalue weighted by molar-refractivity contribution is 5.20. The van der Waals surface area contributed by atoms with Gasteiger partial charge in [0.25, 0.3) is 0 Å². The predicted octanol–water partition coefficient (Wildman–Crippen LogP) is 3.19. The maximum Gasteiger partial charge on any atom is 0.127 e. The first-order chi connectivity index (χ1) is 8.37. The Kier molecular flexibility index (Phi) is 5.29. The van der Waals surface area contributed by atoms with Gasteiger partial charge in [-0.1, -0.05) is 32.0 Å². The second-order valence-electron chi connectivity index (χ2n) is 5.80. The van der Waals surface area contributed by atoms with Crippen LogP contribution in [0.15, 0.2) is 24.3 Å². The van der Waals surface area contributed by atoms with E-state index in [1.165, 1.54) is 6.07 Å². The first kappa shape index (κ1) is 15.1. The van der Waals surface area contributed by atoms with Gasteiger partial charge in [0, 0.05) is 11.6 Å². The molecule has 0 saturated carbocycles. The van der Waals surface area contributed by atoms with E-state index >= 15 is 0 Å². The summed E-state index contributed by atoms with van der Waals surface area (Å²) in [4.78, 5) is 2.18. The molecule has 0 amide bonds. The van der Waals surface area contributed by atoms with Gasteiger partial charge in [-0.05, 0) is 45.0 Å². The average Bonchev–Trinajstić information content (AvgIpc) is 2.36. The molecule has 1 aromatic rings. The third-order valence-corrected chi connectivity index (χ3v) is 3.71. The molecule has 0 saturated heterocycles. The molecule has 0 aliphatic carbocycles. The standard InChI is InChI=1S/C15H25FN2/c1-12(13-7-5-6-8-14(13)16)18(4)10-9-15(2,3)11-17/h5-8,12H,9-11,17H2,1-4H3. The van der Waals surface area contributed by atoms with Crippen LogP contribution in [-0.4, -0.2) is 25.0 Å². The van der Waals surface area contributed by atoms with Gasteiger partial charge in [0.2, 0.25) is 0 Å². The Hall–Kier alpha value is -0.930. The quantitative estimate of drug-likeness (QED) is 0.842. The Morgan fingerprint density at radius 1 is 1.33 bits per heavy atom. The van der Waals surface area contributed by atoms with Crippen LogP contribution in [0.2, 0.25) is 0 Å². The molecule has 1 unspecified atom stereocenters. The largest absolute Gasteiger partial charge is 0.330 e. The molecule has 1 rings (SSSR count). The van der Waals surface area contributed by atoms with Crippen molar-refractivity contribution in [2.75, 3.05) is 20.1 Å². The van der Waals surface area contributed by atoms with Crippen molar-refractivity contribution in [1.29, 1.82) is 0 Å². The van der Waals surface area contributed by atoms with Crippen molar-refractivity contribution < 1.29 is 4.39 Å². The molecular formula is C15H25FN2. The third-order valence-electron chi connectivity index (χ3n) is 3.71. The van der Waals surface area contributed by atoms with E-state index in [1.807, 2.05) is 26.1 Å². The summed E-state index contributed by atoms with van der Waals surface area (Å²) in [7, 11) is 2.03. The fourth-order valence-corrected chi connectivity index (χ4v) is 1.83. The van der Waals surface area contributed by atoms with Gasteiger partial charge in [0.1, 0.15) is 5.82 Å². The summed E-state index contributed by atoms with van der Waals surface area (Å²) in [6.07, 6.45) is 1.01. The van der Waals surface area contributed by atoms with Crippen molar-refractivity contribution in [1.82, 2.24) is 4.90 Å². The monoisotopic (exact) mass is 252 g/mol. The molecule has 0 radical (unpaired) electrons. The van der Waals surface area contributed by atoms with Crippen molar-refractivity contribution >= 4 is 0 Å². The molecule has 3 heteroatoms. The summed E-state index contributed by atoms with van der Waals surface area (Å²) in [6.45, 7) is 7.95. The van der Waals surface area contributed by atoms with Crippen LogP contribution in [0.5, 0.6) is 0 Å². The second kappa shape index (κ2) is 6.30. The molecule has 1 atom stereocenters. The Morgan fingerprint density at radius 3 is 2.50 bits per heavy atom. The lowest BCUT2D eigenvalue weighted by Crippen LogP contribution is -2.31. The SMILES string of the molecule is CC(c1ccccc1F)N(C)CCC(C)(C)CN. The van der Waals surface area contributed by atoms with Crippen LogP contribution in [0.1, 0.15) is 38.8 Å².